The molecule has 3 heteroatoms. The van der Waals surface area contributed by atoms with Gasteiger partial charge in [0.25, 0.3) is 0 Å². The summed E-state index contributed by atoms with van der Waals surface area (Å²) in [5, 5.41) is 0. The van der Waals surface area contributed by atoms with Crippen molar-refractivity contribution < 1.29 is 9.53 Å². The largest absolute Gasteiger partial charge is 0.465 e. The SMILES string of the molecule is [CH2]COC(=O)C(I)c1ccccc1. The first-order chi connectivity index (χ1) is 6.25. The first-order valence-corrected chi connectivity index (χ1v) is 5.15. The van der Waals surface area contributed by atoms with Crippen molar-refractivity contribution >= 4 is 28.6 Å². The van der Waals surface area contributed by atoms with E-state index in [9.17, 15) is 4.79 Å². The molecular formula is C10H10IO2. The number of rotatable bonds is 3. The maximum Gasteiger partial charge on any atom is 0.323 e. The minimum atomic E-state index is -0.236. The van der Waals surface area contributed by atoms with Crippen LogP contribution in [0, 0.1) is 6.92 Å². The Bertz CT molecular complexity index is 272. The first kappa shape index (κ1) is 10.5. The molecule has 1 radical (unpaired) electrons. The number of hydrogen-bond donors (Lipinski definition) is 0. The molecule has 1 aromatic carbocycles. The Kier molecular flexibility index (Phi) is 4.21. The summed E-state index contributed by atoms with van der Waals surface area (Å²) in [6.45, 7) is 3.64. The molecule has 0 saturated carbocycles. The number of carbonyl (C=O) groups excluding carboxylic acids is 1. The lowest BCUT2D eigenvalue weighted by atomic mass is 10.2. The van der Waals surface area contributed by atoms with E-state index in [1.54, 1.807) is 0 Å². The Hall–Kier alpha value is -0.580. The zero-order valence-corrected chi connectivity index (χ0v) is 9.23. The number of alkyl halides is 1. The Morgan fingerprint density at radius 3 is 2.62 bits per heavy atom. The van der Waals surface area contributed by atoms with Crippen molar-refractivity contribution in [1.29, 1.82) is 0 Å². The third-order valence-corrected chi connectivity index (χ3v) is 2.77. The molecule has 69 valence electrons. The van der Waals surface area contributed by atoms with Gasteiger partial charge in [-0.25, -0.2) is 0 Å². The average Bonchev–Trinajstić information content (AvgIpc) is 2.18. The highest BCUT2D eigenvalue weighted by molar-refractivity contribution is 14.1. The standard InChI is InChI=1S/C10H10IO2/c1-2-13-10(12)9(11)8-6-4-3-5-7-8/h3-7,9H,1-2H2. The molecule has 0 N–H and O–H groups in total. The number of esters is 1. The van der Waals surface area contributed by atoms with Crippen molar-refractivity contribution in [3.63, 3.8) is 0 Å². The predicted octanol–water partition coefficient (Wildman–Crippen LogP) is 2.54. The lowest BCUT2D eigenvalue weighted by Crippen LogP contribution is -2.10. The number of hydrogen-bond acceptors (Lipinski definition) is 2. The van der Waals surface area contributed by atoms with Gasteiger partial charge in [0.05, 0.1) is 6.61 Å². The van der Waals surface area contributed by atoms with Gasteiger partial charge in [-0.1, -0.05) is 52.9 Å². The highest BCUT2D eigenvalue weighted by Crippen LogP contribution is 2.24. The number of carbonyl (C=O) groups is 1. The Labute approximate surface area is 91.4 Å². The molecule has 0 fully saturated rings. The molecular weight excluding hydrogens is 279 g/mol. The fraction of sp³-hybridized carbons (Fsp3) is 0.200. The second-order valence-electron chi connectivity index (χ2n) is 2.44. The topological polar surface area (TPSA) is 26.3 Å². The number of benzene rings is 1. The Morgan fingerprint density at radius 1 is 1.46 bits per heavy atom. The molecule has 1 atom stereocenters. The van der Waals surface area contributed by atoms with Gasteiger partial charge in [-0.2, -0.15) is 0 Å². The van der Waals surface area contributed by atoms with Crippen molar-refractivity contribution in [3.8, 4) is 0 Å². The van der Waals surface area contributed by atoms with Crippen LogP contribution in [-0.2, 0) is 9.53 Å². The molecule has 0 heterocycles. The van der Waals surface area contributed by atoms with Crippen LogP contribution in [0.3, 0.4) is 0 Å². The van der Waals surface area contributed by atoms with Crippen LogP contribution in [0.2, 0.25) is 0 Å². The van der Waals surface area contributed by atoms with E-state index in [1.807, 2.05) is 30.3 Å². The minimum Gasteiger partial charge on any atom is -0.465 e. The Morgan fingerprint density at radius 2 is 2.08 bits per heavy atom. The molecule has 1 rings (SSSR count). The third-order valence-electron chi connectivity index (χ3n) is 1.54. The summed E-state index contributed by atoms with van der Waals surface area (Å²) in [6, 6.07) is 9.53. The Balaban J connectivity index is 2.68. The molecule has 0 saturated heterocycles. The predicted molar refractivity (Wildman–Crippen MR) is 59.5 cm³/mol. The van der Waals surface area contributed by atoms with Crippen LogP contribution in [0.25, 0.3) is 0 Å². The summed E-state index contributed by atoms with van der Waals surface area (Å²) in [7, 11) is 0. The molecule has 0 aliphatic rings. The smallest absolute Gasteiger partial charge is 0.323 e. The van der Waals surface area contributed by atoms with Gasteiger partial charge >= 0.3 is 5.97 Å². The highest BCUT2D eigenvalue weighted by atomic mass is 127. The molecule has 0 bridgehead atoms. The van der Waals surface area contributed by atoms with E-state index in [4.69, 9.17) is 4.74 Å². The van der Waals surface area contributed by atoms with Crippen molar-refractivity contribution in [2.24, 2.45) is 0 Å². The third kappa shape index (κ3) is 2.99. The van der Waals surface area contributed by atoms with Crippen LogP contribution in [0.4, 0.5) is 0 Å². The van der Waals surface area contributed by atoms with E-state index in [0.29, 0.717) is 0 Å². The zero-order valence-electron chi connectivity index (χ0n) is 7.07. The van der Waals surface area contributed by atoms with Gasteiger partial charge in [0.1, 0.15) is 3.92 Å². The quantitative estimate of drug-likeness (QED) is 0.485. The van der Waals surface area contributed by atoms with Crippen LogP contribution >= 0.6 is 22.6 Å². The second kappa shape index (κ2) is 5.21. The van der Waals surface area contributed by atoms with Crippen LogP contribution in [0.1, 0.15) is 9.49 Å². The van der Waals surface area contributed by atoms with Crippen molar-refractivity contribution in [2.75, 3.05) is 6.61 Å². The summed E-state index contributed by atoms with van der Waals surface area (Å²) >= 11 is 2.05. The van der Waals surface area contributed by atoms with E-state index < -0.39 is 0 Å². The lowest BCUT2D eigenvalue weighted by Gasteiger charge is -2.08. The van der Waals surface area contributed by atoms with Gasteiger partial charge in [-0.3, -0.25) is 4.79 Å². The van der Waals surface area contributed by atoms with Crippen LogP contribution in [-0.4, -0.2) is 12.6 Å². The normalized spacial score (nSPS) is 12.2. The molecule has 0 spiro atoms. The molecule has 13 heavy (non-hydrogen) atoms. The summed E-state index contributed by atoms with van der Waals surface area (Å²) in [4.78, 5) is 11.3. The van der Waals surface area contributed by atoms with E-state index in [1.165, 1.54) is 0 Å². The summed E-state index contributed by atoms with van der Waals surface area (Å²) < 4.78 is 4.56. The van der Waals surface area contributed by atoms with Gasteiger partial charge in [-0.05, 0) is 12.5 Å². The number of halogens is 1. The highest BCUT2D eigenvalue weighted by Gasteiger charge is 2.17. The van der Waals surface area contributed by atoms with Gasteiger partial charge < -0.3 is 4.74 Å². The molecule has 1 aromatic rings. The van der Waals surface area contributed by atoms with Gasteiger partial charge in [0.15, 0.2) is 0 Å². The maximum atomic E-state index is 11.3. The molecule has 0 amide bonds. The monoisotopic (exact) mass is 289 g/mol. The van der Waals surface area contributed by atoms with Gasteiger partial charge in [-0.15, -0.1) is 0 Å². The summed E-state index contributed by atoms with van der Waals surface area (Å²) in [6.07, 6.45) is 0. The lowest BCUT2D eigenvalue weighted by molar-refractivity contribution is -0.141. The van der Waals surface area contributed by atoms with Crippen LogP contribution in [0.15, 0.2) is 30.3 Å². The minimum absolute atomic E-state index is 0.186. The van der Waals surface area contributed by atoms with Crippen LogP contribution < -0.4 is 0 Å². The van der Waals surface area contributed by atoms with E-state index in [-0.39, 0.29) is 16.5 Å². The second-order valence-corrected chi connectivity index (χ2v) is 3.69. The average molecular weight is 289 g/mol. The van der Waals surface area contributed by atoms with Gasteiger partial charge in [0, 0.05) is 0 Å². The van der Waals surface area contributed by atoms with Gasteiger partial charge in [0.2, 0.25) is 0 Å². The number of ether oxygens (including phenoxy) is 1. The molecule has 1 unspecified atom stereocenters. The van der Waals surface area contributed by atoms with E-state index in [2.05, 4.69) is 29.5 Å². The van der Waals surface area contributed by atoms with Crippen molar-refractivity contribution in [3.05, 3.63) is 42.8 Å². The van der Waals surface area contributed by atoms with E-state index in [0.717, 1.165) is 5.56 Å². The zero-order chi connectivity index (χ0) is 9.68. The summed E-state index contributed by atoms with van der Waals surface area (Å²) in [5.41, 5.74) is 0.960. The molecule has 0 aromatic heterocycles. The molecule has 2 nitrogen and oxygen atoms in total. The van der Waals surface area contributed by atoms with Crippen molar-refractivity contribution in [1.82, 2.24) is 0 Å². The van der Waals surface area contributed by atoms with E-state index >= 15 is 0 Å². The van der Waals surface area contributed by atoms with Crippen LogP contribution in [0.5, 0.6) is 0 Å². The first-order valence-electron chi connectivity index (χ1n) is 3.90. The van der Waals surface area contributed by atoms with Crippen molar-refractivity contribution in [2.45, 2.75) is 3.92 Å². The maximum absolute atomic E-state index is 11.3. The molecule has 0 aliphatic heterocycles. The molecule has 0 aliphatic carbocycles. The fourth-order valence-corrected chi connectivity index (χ4v) is 1.53. The fourth-order valence-electron chi connectivity index (χ4n) is 0.932. The summed E-state index contributed by atoms with van der Waals surface area (Å²) in [5.74, 6) is -0.234.